The first kappa shape index (κ1) is 25.9. The molecular weight excluding hydrogens is 521 g/mol. The first-order valence-corrected chi connectivity index (χ1v) is 13.1. The lowest BCUT2D eigenvalue weighted by Crippen LogP contribution is -2.30. The van der Waals surface area contributed by atoms with E-state index in [1.807, 2.05) is 80.1 Å². The van der Waals surface area contributed by atoms with Crippen molar-refractivity contribution in [2.45, 2.75) is 32.9 Å². The molecular formula is C29H27ClFN5OS. The van der Waals surface area contributed by atoms with Crippen molar-refractivity contribution in [3.05, 3.63) is 107 Å². The van der Waals surface area contributed by atoms with E-state index < -0.39 is 5.82 Å². The summed E-state index contributed by atoms with van der Waals surface area (Å²) in [5.74, 6) is -0.635. The lowest BCUT2D eigenvalue weighted by Gasteiger charge is -2.29. The molecule has 0 spiro atoms. The number of aromatic nitrogens is 2. The average molecular weight is 548 g/mol. The number of thiocarbonyl (C=S) groups is 1. The molecule has 0 radical (unpaired) electrons. The Morgan fingerprint density at radius 1 is 1.11 bits per heavy atom. The Labute approximate surface area is 231 Å². The van der Waals surface area contributed by atoms with Crippen molar-refractivity contribution < 1.29 is 9.18 Å². The standard InChI is InChI=1S/C29H27ClFN5OS/c1-17(2)28(37)33-23-12-10-20(15-18(23)3)36-27(26(34-29(36)38)24-7-4-5-13-32-24)25-8-6-14-35(25)19-9-11-22(31)21(30)16-19/h4-17,26-27H,1-3H3,(H,33,37)(H,34,38)/t26-,27-/m0/s1. The van der Waals surface area contributed by atoms with Gasteiger partial charge in [0.05, 0.1) is 16.8 Å². The van der Waals surface area contributed by atoms with Crippen molar-refractivity contribution in [2.24, 2.45) is 5.92 Å². The van der Waals surface area contributed by atoms with E-state index in [2.05, 4.69) is 20.5 Å². The number of anilines is 2. The number of benzene rings is 2. The first-order chi connectivity index (χ1) is 18.2. The molecule has 0 unspecified atom stereocenters. The quantitative estimate of drug-likeness (QED) is 0.262. The van der Waals surface area contributed by atoms with Crippen molar-refractivity contribution in [1.82, 2.24) is 14.9 Å². The number of aryl methyl sites for hydroxylation is 1. The molecule has 2 aromatic carbocycles. The highest BCUT2D eigenvalue weighted by Gasteiger charge is 2.42. The Morgan fingerprint density at radius 2 is 1.89 bits per heavy atom. The summed E-state index contributed by atoms with van der Waals surface area (Å²) in [5, 5.41) is 7.05. The van der Waals surface area contributed by atoms with Crippen LogP contribution in [0.5, 0.6) is 0 Å². The van der Waals surface area contributed by atoms with Gasteiger partial charge in [0, 0.05) is 41.1 Å². The van der Waals surface area contributed by atoms with Crippen molar-refractivity contribution in [3.63, 3.8) is 0 Å². The van der Waals surface area contributed by atoms with Gasteiger partial charge < -0.3 is 20.1 Å². The molecule has 1 saturated heterocycles. The number of halogens is 2. The van der Waals surface area contributed by atoms with Gasteiger partial charge in [-0.05, 0) is 85.4 Å². The molecule has 38 heavy (non-hydrogen) atoms. The third kappa shape index (κ3) is 4.89. The van der Waals surface area contributed by atoms with Crippen LogP contribution in [0.4, 0.5) is 15.8 Å². The number of nitrogens with one attached hydrogen (secondary N) is 2. The summed E-state index contributed by atoms with van der Waals surface area (Å²) in [6.45, 7) is 5.68. The van der Waals surface area contributed by atoms with Gasteiger partial charge in [-0.1, -0.05) is 31.5 Å². The van der Waals surface area contributed by atoms with Gasteiger partial charge in [-0.15, -0.1) is 0 Å². The molecule has 6 nitrogen and oxygen atoms in total. The number of hydrogen-bond acceptors (Lipinski definition) is 3. The van der Waals surface area contributed by atoms with Crippen LogP contribution in [-0.4, -0.2) is 20.6 Å². The Balaban J connectivity index is 1.61. The Bertz CT molecular complexity index is 1510. The minimum Gasteiger partial charge on any atom is -0.351 e. The highest BCUT2D eigenvalue weighted by atomic mass is 35.5. The van der Waals surface area contributed by atoms with Crippen LogP contribution in [0.15, 0.2) is 79.1 Å². The Kier molecular flexibility index (Phi) is 7.19. The zero-order chi connectivity index (χ0) is 27.0. The average Bonchev–Trinajstić information content (AvgIpc) is 3.51. The van der Waals surface area contributed by atoms with E-state index in [1.54, 1.807) is 18.3 Å². The number of rotatable bonds is 6. The van der Waals surface area contributed by atoms with Crippen LogP contribution in [0.25, 0.3) is 5.69 Å². The molecule has 1 aliphatic heterocycles. The van der Waals surface area contributed by atoms with Crippen molar-refractivity contribution in [2.75, 3.05) is 10.2 Å². The maximum absolute atomic E-state index is 13.9. The lowest BCUT2D eigenvalue weighted by atomic mass is 10.00. The van der Waals surface area contributed by atoms with Gasteiger partial charge in [0.25, 0.3) is 0 Å². The molecule has 2 atom stereocenters. The van der Waals surface area contributed by atoms with Crippen molar-refractivity contribution >= 4 is 46.2 Å². The van der Waals surface area contributed by atoms with Gasteiger partial charge in [0.1, 0.15) is 11.9 Å². The molecule has 0 saturated carbocycles. The fraction of sp³-hybridized carbons (Fsp3) is 0.207. The van der Waals surface area contributed by atoms with E-state index in [1.165, 1.54) is 6.07 Å². The molecule has 2 aromatic heterocycles. The Morgan fingerprint density at radius 3 is 2.58 bits per heavy atom. The smallest absolute Gasteiger partial charge is 0.226 e. The number of pyridine rings is 1. The topological polar surface area (TPSA) is 62.2 Å². The zero-order valence-electron chi connectivity index (χ0n) is 21.2. The van der Waals surface area contributed by atoms with Crippen molar-refractivity contribution in [1.29, 1.82) is 0 Å². The molecule has 5 rings (SSSR count). The molecule has 2 N–H and O–H groups in total. The van der Waals surface area contributed by atoms with Crippen LogP contribution in [-0.2, 0) is 4.79 Å². The van der Waals surface area contributed by atoms with Gasteiger partial charge in [-0.25, -0.2) is 4.39 Å². The minimum atomic E-state index is -0.471. The third-order valence-electron chi connectivity index (χ3n) is 6.63. The molecule has 1 fully saturated rings. The van der Waals surface area contributed by atoms with Gasteiger partial charge in [-0.3, -0.25) is 9.78 Å². The maximum atomic E-state index is 13.9. The monoisotopic (exact) mass is 547 g/mol. The molecule has 1 amide bonds. The summed E-state index contributed by atoms with van der Waals surface area (Å²) in [6, 6.07) is 19.7. The van der Waals surface area contributed by atoms with E-state index in [4.69, 9.17) is 23.8 Å². The Hall–Kier alpha value is -3.75. The summed E-state index contributed by atoms with van der Waals surface area (Å²) in [4.78, 5) is 19.0. The highest BCUT2D eigenvalue weighted by molar-refractivity contribution is 7.80. The normalized spacial score (nSPS) is 17.1. The van der Waals surface area contributed by atoms with Gasteiger partial charge in [0.15, 0.2) is 5.11 Å². The molecule has 0 aliphatic carbocycles. The molecule has 9 heteroatoms. The predicted octanol–water partition coefficient (Wildman–Crippen LogP) is 6.74. The van der Waals surface area contributed by atoms with E-state index in [0.717, 1.165) is 34.0 Å². The molecule has 3 heterocycles. The maximum Gasteiger partial charge on any atom is 0.226 e. The minimum absolute atomic E-state index is 0.0388. The second-order valence-electron chi connectivity index (χ2n) is 9.54. The van der Waals surface area contributed by atoms with Crippen LogP contribution >= 0.6 is 23.8 Å². The van der Waals surface area contributed by atoms with Crippen LogP contribution in [0, 0.1) is 18.7 Å². The highest BCUT2D eigenvalue weighted by Crippen LogP contribution is 2.43. The van der Waals surface area contributed by atoms with Crippen molar-refractivity contribution in [3.8, 4) is 5.69 Å². The summed E-state index contributed by atoms with van der Waals surface area (Å²) in [6.07, 6.45) is 3.68. The van der Waals surface area contributed by atoms with Crippen LogP contribution < -0.4 is 15.5 Å². The molecule has 4 aromatic rings. The largest absolute Gasteiger partial charge is 0.351 e. The second-order valence-corrected chi connectivity index (χ2v) is 10.3. The first-order valence-electron chi connectivity index (χ1n) is 12.3. The zero-order valence-corrected chi connectivity index (χ0v) is 22.7. The van der Waals surface area contributed by atoms with Crippen LogP contribution in [0.3, 0.4) is 0 Å². The SMILES string of the molecule is Cc1cc(N2C(=S)N[C@@H](c3ccccn3)[C@@H]2c2cccn2-c2ccc(F)c(Cl)c2)ccc1NC(=O)C(C)C. The third-order valence-corrected chi connectivity index (χ3v) is 7.24. The fourth-order valence-corrected chi connectivity index (χ4v) is 5.17. The van der Waals surface area contributed by atoms with Crippen LogP contribution in [0.2, 0.25) is 5.02 Å². The predicted molar refractivity (Wildman–Crippen MR) is 153 cm³/mol. The fourth-order valence-electron chi connectivity index (χ4n) is 4.65. The number of nitrogens with zero attached hydrogens (tertiary/aromatic N) is 3. The molecule has 1 aliphatic rings. The second kappa shape index (κ2) is 10.6. The summed E-state index contributed by atoms with van der Waals surface area (Å²) < 4.78 is 15.9. The van der Waals surface area contributed by atoms with Gasteiger partial charge in [-0.2, -0.15) is 0 Å². The number of amides is 1. The number of hydrogen-bond donors (Lipinski definition) is 2. The van der Waals surface area contributed by atoms with E-state index in [-0.39, 0.29) is 28.9 Å². The van der Waals surface area contributed by atoms with E-state index >= 15 is 0 Å². The lowest BCUT2D eigenvalue weighted by molar-refractivity contribution is -0.118. The van der Waals surface area contributed by atoms with E-state index in [0.29, 0.717) is 5.11 Å². The number of carbonyl (C=O) groups excluding carboxylic acids is 1. The summed E-state index contributed by atoms with van der Waals surface area (Å²) >= 11 is 12.0. The number of carbonyl (C=O) groups is 1. The molecule has 194 valence electrons. The summed E-state index contributed by atoms with van der Waals surface area (Å²) in [7, 11) is 0. The van der Waals surface area contributed by atoms with Gasteiger partial charge >= 0.3 is 0 Å². The van der Waals surface area contributed by atoms with E-state index in [9.17, 15) is 9.18 Å². The van der Waals surface area contributed by atoms with Gasteiger partial charge in [0.2, 0.25) is 5.91 Å². The van der Waals surface area contributed by atoms with Crippen LogP contribution in [0.1, 0.15) is 42.9 Å². The molecule has 0 bridgehead atoms. The summed E-state index contributed by atoms with van der Waals surface area (Å²) in [5.41, 5.74) is 5.04.